The first-order chi connectivity index (χ1) is 13.3. The maximum absolute atomic E-state index is 11.9. The van der Waals surface area contributed by atoms with Gasteiger partial charge in [-0.2, -0.15) is 0 Å². The van der Waals surface area contributed by atoms with Gasteiger partial charge < -0.3 is 9.47 Å². The van der Waals surface area contributed by atoms with E-state index in [4.69, 9.17) is 21.7 Å². The van der Waals surface area contributed by atoms with Crippen LogP contribution in [0.1, 0.15) is 16.7 Å². The molecule has 0 aliphatic carbocycles. The quantitative estimate of drug-likeness (QED) is 0.507. The van der Waals surface area contributed by atoms with Gasteiger partial charge in [-0.25, -0.2) is 0 Å². The van der Waals surface area contributed by atoms with E-state index in [1.165, 1.54) is 0 Å². The summed E-state index contributed by atoms with van der Waals surface area (Å²) in [6.07, 6.45) is 0. The molecule has 2 amide bonds. The Hall–Kier alpha value is -3.13. The van der Waals surface area contributed by atoms with Crippen molar-refractivity contribution in [3.8, 4) is 11.5 Å². The number of hydrazine groups is 1. The Labute approximate surface area is 169 Å². The van der Waals surface area contributed by atoms with Gasteiger partial charge in [-0.1, -0.05) is 30.3 Å². The Morgan fingerprint density at radius 2 is 1.50 bits per heavy atom. The van der Waals surface area contributed by atoms with Crippen LogP contribution in [0.15, 0.2) is 42.5 Å². The highest BCUT2D eigenvalue weighted by atomic mass is 32.1. The van der Waals surface area contributed by atoms with Gasteiger partial charge in [-0.15, -0.1) is 0 Å². The van der Waals surface area contributed by atoms with Gasteiger partial charge in [0.1, 0.15) is 11.5 Å². The number of carbonyl (C=O) groups excluding carboxylic acids is 2. The summed E-state index contributed by atoms with van der Waals surface area (Å²) < 4.78 is 10.9. The van der Waals surface area contributed by atoms with Gasteiger partial charge in [0.2, 0.25) is 0 Å². The van der Waals surface area contributed by atoms with E-state index >= 15 is 0 Å². The number of benzene rings is 2. The van der Waals surface area contributed by atoms with E-state index in [9.17, 15) is 9.59 Å². The minimum atomic E-state index is -0.441. The van der Waals surface area contributed by atoms with E-state index in [2.05, 4.69) is 16.2 Å². The van der Waals surface area contributed by atoms with Crippen LogP contribution in [0, 0.1) is 20.8 Å². The van der Waals surface area contributed by atoms with Crippen LogP contribution in [-0.2, 0) is 9.59 Å². The Balaban J connectivity index is 1.68. The molecule has 0 saturated heterocycles. The Kier molecular flexibility index (Phi) is 7.76. The minimum Gasteiger partial charge on any atom is -0.483 e. The minimum absolute atomic E-state index is 0.0428. The maximum Gasteiger partial charge on any atom is 0.276 e. The molecule has 3 N–H and O–H groups in total. The smallest absolute Gasteiger partial charge is 0.276 e. The number of nitrogens with one attached hydrogen (secondary N) is 3. The summed E-state index contributed by atoms with van der Waals surface area (Å²) in [5, 5.41) is 2.38. The number of ether oxygens (including phenoxy) is 2. The molecule has 0 aliphatic rings. The van der Waals surface area contributed by atoms with Crippen molar-refractivity contribution in [3.05, 3.63) is 59.2 Å². The average Bonchev–Trinajstić information content (AvgIpc) is 2.66. The van der Waals surface area contributed by atoms with Gasteiger partial charge in [-0.3, -0.25) is 25.8 Å². The van der Waals surface area contributed by atoms with Gasteiger partial charge >= 0.3 is 0 Å². The molecule has 7 nitrogen and oxygen atoms in total. The van der Waals surface area contributed by atoms with Crippen molar-refractivity contribution in [3.63, 3.8) is 0 Å². The number of rotatable bonds is 6. The van der Waals surface area contributed by atoms with Gasteiger partial charge in [0, 0.05) is 0 Å². The highest BCUT2D eigenvalue weighted by molar-refractivity contribution is 7.80. The number of hydrogen-bond acceptors (Lipinski definition) is 5. The van der Waals surface area contributed by atoms with Gasteiger partial charge in [-0.05, 0) is 61.8 Å². The first-order valence-corrected chi connectivity index (χ1v) is 9.03. The lowest BCUT2D eigenvalue weighted by Gasteiger charge is -2.13. The van der Waals surface area contributed by atoms with Crippen molar-refractivity contribution < 1.29 is 19.1 Å². The largest absolute Gasteiger partial charge is 0.483 e. The molecule has 2 aromatic carbocycles. The van der Waals surface area contributed by atoms with Crippen molar-refractivity contribution in [2.75, 3.05) is 13.2 Å². The lowest BCUT2D eigenvalue weighted by atomic mass is 10.1. The third-order valence-corrected chi connectivity index (χ3v) is 3.93. The highest BCUT2D eigenvalue weighted by Crippen LogP contribution is 2.18. The lowest BCUT2D eigenvalue weighted by molar-refractivity contribution is -0.124. The van der Waals surface area contributed by atoms with Crippen molar-refractivity contribution >= 4 is 29.1 Å². The van der Waals surface area contributed by atoms with Crippen LogP contribution in [0.25, 0.3) is 0 Å². The van der Waals surface area contributed by atoms with Crippen molar-refractivity contribution in [1.82, 2.24) is 16.2 Å². The fourth-order valence-corrected chi connectivity index (χ4v) is 2.39. The highest BCUT2D eigenvalue weighted by Gasteiger charge is 2.09. The molecule has 148 valence electrons. The Morgan fingerprint density at radius 3 is 2.25 bits per heavy atom. The Morgan fingerprint density at radius 1 is 0.857 bits per heavy atom. The summed E-state index contributed by atoms with van der Waals surface area (Å²) in [6.45, 7) is 5.33. The predicted molar refractivity (Wildman–Crippen MR) is 110 cm³/mol. The molecule has 0 bridgehead atoms. The predicted octanol–water partition coefficient (Wildman–Crippen LogP) is 2.09. The second-order valence-corrected chi connectivity index (χ2v) is 6.57. The molecule has 28 heavy (non-hydrogen) atoms. The molecule has 0 aromatic heterocycles. The van der Waals surface area contributed by atoms with Crippen LogP contribution < -0.4 is 25.6 Å². The van der Waals surface area contributed by atoms with E-state index in [0.717, 1.165) is 16.7 Å². The second kappa shape index (κ2) is 10.3. The maximum atomic E-state index is 11.9. The number of carbonyl (C=O) groups is 2. The monoisotopic (exact) mass is 401 g/mol. The van der Waals surface area contributed by atoms with E-state index in [1.807, 2.05) is 57.2 Å². The number of hydrogen-bond donors (Lipinski definition) is 3. The molecule has 0 atom stereocenters. The first-order valence-electron chi connectivity index (χ1n) is 8.62. The van der Waals surface area contributed by atoms with Crippen LogP contribution in [-0.4, -0.2) is 30.1 Å². The van der Waals surface area contributed by atoms with Crippen LogP contribution in [0.4, 0.5) is 0 Å². The summed E-state index contributed by atoms with van der Waals surface area (Å²) in [5.74, 6) is 0.378. The van der Waals surface area contributed by atoms with Crippen LogP contribution in [0.3, 0.4) is 0 Å². The van der Waals surface area contributed by atoms with E-state index < -0.39 is 11.8 Å². The second-order valence-electron chi connectivity index (χ2n) is 6.16. The zero-order valence-corrected chi connectivity index (χ0v) is 16.8. The summed E-state index contributed by atoms with van der Waals surface area (Å²) in [6, 6.07) is 13.1. The first kappa shape index (κ1) is 21.2. The molecule has 0 fully saturated rings. The van der Waals surface area contributed by atoms with Crippen molar-refractivity contribution in [1.29, 1.82) is 0 Å². The van der Waals surface area contributed by atoms with E-state index in [1.54, 1.807) is 6.07 Å². The third kappa shape index (κ3) is 6.88. The normalized spacial score (nSPS) is 9.96. The fraction of sp³-hybridized carbons (Fsp3) is 0.250. The van der Waals surface area contributed by atoms with Crippen LogP contribution in [0.5, 0.6) is 11.5 Å². The lowest BCUT2D eigenvalue weighted by Crippen LogP contribution is -2.50. The molecule has 0 unspecified atom stereocenters. The molecule has 2 rings (SSSR count). The molecular formula is C20H23N3O4S. The molecule has 2 aromatic rings. The van der Waals surface area contributed by atoms with E-state index in [-0.39, 0.29) is 18.3 Å². The van der Waals surface area contributed by atoms with Crippen molar-refractivity contribution in [2.45, 2.75) is 20.8 Å². The molecule has 0 heterocycles. The molecule has 0 spiro atoms. The fourth-order valence-electron chi connectivity index (χ4n) is 2.22. The zero-order chi connectivity index (χ0) is 20.5. The SMILES string of the molecule is Cc1ccc(C)c(OCC(=O)NC(=S)NNC(=O)COc2ccccc2C)c1. The van der Waals surface area contributed by atoms with E-state index in [0.29, 0.717) is 11.5 Å². The van der Waals surface area contributed by atoms with Crippen LogP contribution >= 0.6 is 12.2 Å². The molecule has 0 radical (unpaired) electrons. The molecular weight excluding hydrogens is 378 g/mol. The third-order valence-electron chi connectivity index (χ3n) is 3.72. The molecule has 8 heteroatoms. The van der Waals surface area contributed by atoms with Gasteiger partial charge in [0.05, 0.1) is 0 Å². The summed E-state index contributed by atoms with van der Waals surface area (Å²) >= 11 is 4.97. The van der Waals surface area contributed by atoms with Gasteiger partial charge in [0.25, 0.3) is 11.8 Å². The summed E-state index contributed by atoms with van der Waals surface area (Å²) in [7, 11) is 0. The number of aryl methyl sites for hydroxylation is 3. The Bertz CT molecular complexity index is 870. The molecule has 0 saturated carbocycles. The molecule has 0 aliphatic heterocycles. The zero-order valence-electron chi connectivity index (χ0n) is 16.0. The summed E-state index contributed by atoms with van der Waals surface area (Å²) in [5.41, 5.74) is 7.70. The standard InChI is InChI=1S/C20H23N3O4S/c1-13-8-9-15(3)17(10-13)27-11-18(24)21-20(28)23-22-19(25)12-26-16-7-5-4-6-14(16)2/h4-10H,11-12H2,1-3H3,(H,22,25)(H2,21,23,24,28). The average molecular weight is 401 g/mol. The van der Waals surface area contributed by atoms with Gasteiger partial charge in [0.15, 0.2) is 18.3 Å². The van der Waals surface area contributed by atoms with Crippen LogP contribution in [0.2, 0.25) is 0 Å². The summed E-state index contributed by atoms with van der Waals surface area (Å²) in [4.78, 5) is 23.7. The topological polar surface area (TPSA) is 88.7 Å². The number of amides is 2. The number of thiocarbonyl (C=S) groups is 1. The number of para-hydroxylation sites is 1. The van der Waals surface area contributed by atoms with Crippen molar-refractivity contribution in [2.24, 2.45) is 0 Å².